The van der Waals surface area contributed by atoms with Gasteiger partial charge in [0.05, 0.1) is 13.7 Å². The van der Waals surface area contributed by atoms with Crippen LogP contribution < -0.4 is 14.8 Å². The lowest BCUT2D eigenvalue weighted by Crippen LogP contribution is -2.04. The molecule has 0 fully saturated rings. The molecule has 0 aliphatic rings. The minimum absolute atomic E-state index is 0.0591. The molecule has 0 aromatic heterocycles. The molecule has 0 atom stereocenters. The van der Waals surface area contributed by atoms with E-state index in [9.17, 15) is 4.39 Å². The molecule has 0 spiro atoms. The summed E-state index contributed by atoms with van der Waals surface area (Å²) >= 11 is 0. The summed E-state index contributed by atoms with van der Waals surface area (Å²) in [5, 5.41) is 12.1. The fourth-order valence-electron chi connectivity index (χ4n) is 1.86. The van der Waals surface area contributed by atoms with E-state index >= 15 is 0 Å². The third kappa shape index (κ3) is 4.36. The van der Waals surface area contributed by atoms with Gasteiger partial charge in [0.15, 0.2) is 11.5 Å². The SMILES string of the molecule is COc1ccc(NCc2ccc(F)cc2)cc1OCCO. The topological polar surface area (TPSA) is 50.7 Å². The molecule has 0 saturated heterocycles. The number of anilines is 1. The van der Waals surface area contributed by atoms with Gasteiger partial charge in [-0.1, -0.05) is 12.1 Å². The number of aliphatic hydroxyl groups is 1. The van der Waals surface area contributed by atoms with Crippen molar-refractivity contribution in [2.75, 3.05) is 25.6 Å². The number of halogens is 1. The maximum Gasteiger partial charge on any atom is 0.163 e. The number of nitrogens with one attached hydrogen (secondary N) is 1. The Labute approximate surface area is 123 Å². The lowest BCUT2D eigenvalue weighted by Gasteiger charge is -2.13. The monoisotopic (exact) mass is 291 g/mol. The van der Waals surface area contributed by atoms with E-state index in [1.165, 1.54) is 12.1 Å². The zero-order chi connectivity index (χ0) is 15.1. The highest BCUT2D eigenvalue weighted by atomic mass is 19.1. The van der Waals surface area contributed by atoms with Crippen LogP contribution in [-0.4, -0.2) is 25.4 Å². The Balaban J connectivity index is 2.04. The third-order valence-corrected chi connectivity index (χ3v) is 2.92. The highest BCUT2D eigenvalue weighted by Crippen LogP contribution is 2.30. The first kappa shape index (κ1) is 15.1. The summed E-state index contributed by atoms with van der Waals surface area (Å²) in [5.41, 5.74) is 1.83. The Morgan fingerprint density at radius 1 is 1.10 bits per heavy atom. The minimum atomic E-state index is -0.247. The van der Waals surface area contributed by atoms with Gasteiger partial charge in [0.25, 0.3) is 0 Å². The first-order valence-corrected chi connectivity index (χ1v) is 6.63. The highest BCUT2D eigenvalue weighted by molar-refractivity contribution is 5.55. The van der Waals surface area contributed by atoms with Crippen LogP contribution in [0.3, 0.4) is 0 Å². The molecule has 0 unspecified atom stereocenters. The van der Waals surface area contributed by atoms with Gasteiger partial charge in [0.2, 0.25) is 0 Å². The maximum absolute atomic E-state index is 12.8. The van der Waals surface area contributed by atoms with Crippen LogP contribution in [0.4, 0.5) is 10.1 Å². The Bertz CT molecular complexity index is 572. The van der Waals surface area contributed by atoms with Crippen LogP contribution in [0, 0.1) is 5.82 Å². The van der Waals surface area contributed by atoms with Crippen molar-refractivity contribution in [1.29, 1.82) is 0 Å². The third-order valence-electron chi connectivity index (χ3n) is 2.92. The molecule has 2 aromatic rings. The summed E-state index contributed by atoms with van der Waals surface area (Å²) in [6.07, 6.45) is 0. The quantitative estimate of drug-likeness (QED) is 0.823. The van der Waals surface area contributed by atoms with Gasteiger partial charge in [-0.2, -0.15) is 0 Å². The number of benzene rings is 2. The lowest BCUT2D eigenvalue weighted by atomic mass is 10.2. The normalized spacial score (nSPS) is 10.2. The second-order valence-corrected chi connectivity index (χ2v) is 4.42. The Hall–Kier alpha value is -2.27. The van der Waals surface area contributed by atoms with E-state index in [2.05, 4.69) is 5.32 Å². The molecule has 2 aromatic carbocycles. The fraction of sp³-hybridized carbons (Fsp3) is 0.250. The van der Waals surface area contributed by atoms with Crippen molar-refractivity contribution in [2.45, 2.75) is 6.54 Å². The van der Waals surface area contributed by atoms with E-state index in [-0.39, 0.29) is 19.0 Å². The van der Waals surface area contributed by atoms with E-state index in [1.54, 1.807) is 31.4 Å². The summed E-state index contributed by atoms with van der Waals surface area (Å²) in [7, 11) is 1.56. The van der Waals surface area contributed by atoms with Crippen molar-refractivity contribution in [1.82, 2.24) is 0 Å². The summed E-state index contributed by atoms with van der Waals surface area (Å²) in [5.74, 6) is 0.925. The number of hydrogen-bond acceptors (Lipinski definition) is 4. The average Bonchev–Trinajstić information content (AvgIpc) is 2.52. The van der Waals surface area contributed by atoms with Gasteiger partial charge in [0, 0.05) is 18.3 Å². The molecule has 5 heteroatoms. The van der Waals surface area contributed by atoms with E-state index < -0.39 is 0 Å². The molecule has 112 valence electrons. The summed E-state index contributed by atoms with van der Waals surface area (Å²) in [6.45, 7) is 0.722. The van der Waals surface area contributed by atoms with Crippen molar-refractivity contribution in [3.63, 3.8) is 0 Å². The van der Waals surface area contributed by atoms with Gasteiger partial charge in [-0.15, -0.1) is 0 Å². The fourth-order valence-corrected chi connectivity index (χ4v) is 1.86. The van der Waals surface area contributed by atoms with Crippen LogP contribution in [0.2, 0.25) is 0 Å². The number of aliphatic hydroxyl groups excluding tert-OH is 1. The standard InChI is InChI=1S/C16H18FNO3/c1-20-15-7-6-14(10-16(15)21-9-8-19)18-11-12-2-4-13(17)5-3-12/h2-7,10,18-19H,8-9,11H2,1H3. The molecule has 0 aliphatic heterocycles. The molecular weight excluding hydrogens is 273 g/mol. The summed E-state index contributed by atoms with van der Waals surface area (Å²) in [6, 6.07) is 11.8. The minimum Gasteiger partial charge on any atom is -0.493 e. The van der Waals surface area contributed by atoms with Gasteiger partial charge in [-0.05, 0) is 29.8 Å². The Kier molecular flexibility index (Phi) is 5.40. The average molecular weight is 291 g/mol. The largest absolute Gasteiger partial charge is 0.493 e. The first-order valence-electron chi connectivity index (χ1n) is 6.63. The van der Waals surface area contributed by atoms with Crippen LogP contribution in [0.25, 0.3) is 0 Å². The van der Waals surface area contributed by atoms with Crippen molar-refractivity contribution in [3.05, 3.63) is 53.8 Å². The number of methoxy groups -OCH3 is 1. The predicted molar refractivity (Wildman–Crippen MR) is 79.3 cm³/mol. The van der Waals surface area contributed by atoms with E-state index in [0.29, 0.717) is 18.0 Å². The predicted octanol–water partition coefficient (Wildman–Crippen LogP) is 2.82. The van der Waals surface area contributed by atoms with Crippen molar-refractivity contribution in [3.8, 4) is 11.5 Å². The molecule has 0 radical (unpaired) electrons. The Morgan fingerprint density at radius 2 is 1.86 bits per heavy atom. The molecule has 0 amide bonds. The molecule has 4 nitrogen and oxygen atoms in total. The molecule has 2 N–H and O–H groups in total. The van der Waals surface area contributed by atoms with Gasteiger partial charge >= 0.3 is 0 Å². The van der Waals surface area contributed by atoms with E-state index in [4.69, 9.17) is 14.6 Å². The van der Waals surface area contributed by atoms with Crippen LogP contribution in [0.15, 0.2) is 42.5 Å². The highest BCUT2D eigenvalue weighted by Gasteiger charge is 2.05. The number of hydrogen-bond donors (Lipinski definition) is 2. The maximum atomic E-state index is 12.8. The van der Waals surface area contributed by atoms with Gasteiger partial charge in [0.1, 0.15) is 12.4 Å². The second kappa shape index (κ2) is 7.50. The first-order chi connectivity index (χ1) is 10.2. The van der Waals surface area contributed by atoms with Gasteiger partial charge in [-0.25, -0.2) is 4.39 Å². The zero-order valence-electron chi connectivity index (χ0n) is 11.8. The molecule has 0 bridgehead atoms. The molecule has 0 saturated carbocycles. The molecule has 21 heavy (non-hydrogen) atoms. The van der Waals surface area contributed by atoms with Gasteiger partial charge in [-0.3, -0.25) is 0 Å². The summed E-state index contributed by atoms with van der Waals surface area (Å²) in [4.78, 5) is 0. The van der Waals surface area contributed by atoms with Crippen LogP contribution >= 0.6 is 0 Å². The van der Waals surface area contributed by atoms with E-state index in [1.807, 2.05) is 6.07 Å². The van der Waals surface area contributed by atoms with Crippen molar-refractivity contribution >= 4 is 5.69 Å². The molecule has 0 heterocycles. The summed E-state index contributed by atoms with van der Waals surface area (Å²) < 4.78 is 23.5. The molecular formula is C16H18FNO3. The van der Waals surface area contributed by atoms with Crippen LogP contribution in [0.5, 0.6) is 11.5 Å². The van der Waals surface area contributed by atoms with Gasteiger partial charge < -0.3 is 19.9 Å². The molecule has 2 rings (SSSR count). The van der Waals surface area contributed by atoms with Crippen molar-refractivity contribution in [2.24, 2.45) is 0 Å². The van der Waals surface area contributed by atoms with E-state index in [0.717, 1.165) is 11.3 Å². The molecule has 0 aliphatic carbocycles. The zero-order valence-corrected chi connectivity index (χ0v) is 11.8. The second-order valence-electron chi connectivity index (χ2n) is 4.42. The lowest BCUT2D eigenvalue weighted by molar-refractivity contribution is 0.196. The Morgan fingerprint density at radius 3 is 2.52 bits per heavy atom. The van der Waals surface area contributed by atoms with Crippen LogP contribution in [0.1, 0.15) is 5.56 Å². The number of rotatable bonds is 7. The van der Waals surface area contributed by atoms with Crippen LogP contribution in [-0.2, 0) is 6.54 Å². The van der Waals surface area contributed by atoms with Crippen molar-refractivity contribution < 1.29 is 19.0 Å². The number of ether oxygens (including phenoxy) is 2. The smallest absolute Gasteiger partial charge is 0.163 e.